The molecule has 8 aromatic rings. The summed E-state index contributed by atoms with van der Waals surface area (Å²) in [5.41, 5.74) is 10.0. The lowest BCUT2D eigenvalue weighted by atomic mass is 9.99. The van der Waals surface area contributed by atoms with E-state index in [0.717, 1.165) is 60.8 Å². The van der Waals surface area contributed by atoms with E-state index in [9.17, 15) is 0 Å². The highest BCUT2D eigenvalue weighted by Gasteiger charge is 2.17. The van der Waals surface area contributed by atoms with Crippen LogP contribution >= 0.6 is 0 Å². The third-order valence-electron chi connectivity index (χ3n) is 7.48. The second-order valence-electron chi connectivity index (χ2n) is 9.81. The van der Waals surface area contributed by atoms with E-state index in [1.165, 1.54) is 16.7 Å². The average molecular weight is 502 g/mol. The lowest BCUT2D eigenvalue weighted by molar-refractivity contribution is 0.668. The summed E-state index contributed by atoms with van der Waals surface area (Å²) in [6, 6.07) is 46.0. The van der Waals surface area contributed by atoms with Gasteiger partial charge in [-0.1, -0.05) is 97.1 Å². The maximum absolute atomic E-state index is 6.49. The minimum atomic E-state index is 0.839. The maximum atomic E-state index is 6.49. The van der Waals surface area contributed by atoms with Gasteiger partial charge in [0.2, 0.25) is 0 Å². The minimum absolute atomic E-state index is 0.839. The molecule has 0 saturated heterocycles. The van der Waals surface area contributed by atoms with Gasteiger partial charge in [-0.25, -0.2) is 0 Å². The molecule has 184 valence electrons. The van der Waals surface area contributed by atoms with E-state index in [-0.39, 0.29) is 0 Å². The van der Waals surface area contributed by atoms with Gasteiger partial charge in [-0.15, -0.1) is 0 Å². The third kappa shape index (κ3) is 3.52. The first-order chi connectivity index (χ1) is 19.3. The maximum Gasteiger partial charge on any atom is 0.158 e. The van der Waals surface area contributed by atoms with Gasteiger partial charge in [0, 0.05) is 16.2 Å². The number of hydrogen-bond donors (Lipinski definition) is 1. The number of anilines is 2. The Morgan fingerprint density at radius 2 is 1.10 bits per heavy atom. The van der Waals surface area contributed by atoms with Crippen molar-refractivity contribution in [3.05, 3.63) is 133 Å². The van der Waals surface area contributed by atoms with Crippen LogP contribution < -0.4 is 5.32 Å². The molecule has 0 aliphatic heterocycles. The summed E-state index contributed by atoms with van der Waals surface area (Å²) in [6.45, 7) is 0. The lowest BCUT2D eigenvalue weighted by Crippen LogP contribution is -1.91. The van der Waals surface area contributed by atoms with Gasteiger partial charge < -0.3 is 14.2 Å². The van der Waals surface area contributed by atoms with Gasteiger partial charge in [0.15, 0.2) is 5.58 Å². The van der Waals surface area contributed by atoms with Crippen LogP contribution in [-0.4, -0.2) is 0 Å². The highest BCUT2D eigenvalue weighted by molar-refractivity contribution is 6.17. The van der Waals surface area contributed by atoms with Crippen LogP contribution in [0.25, 0.3) is 66.1 Å². The third-order valence-corrected chi connectivity index (χ3v) is 7.48. The van der Waals surface area contributed by atoms with E-state index in [0.29, 0.717) is 0 Å². The number of benzene rings is 6. The van der Waals surface area contributed by atoms with E-state index < -0.39 is 0 Å². The summed E-state index contributed by atoms with van der Waals surface area (Å²) in [7, 11) is 0. The molecule has 0 unspecified atom stereocenters. The van der Waals surface area contributed by atoms with Crippen molar-refractivity contribution in [2.75, 3.05) is 5.32 Å². The van der Waals surface area contributed by atoms with Crippen molar-refractivity contribution in [2.24, 2.45) is 0 Å². The molecule has 0 spiro atoms. The van der Waals surface area contributed by atoms with Crippen molar-refractivity contribution >= 4 is 55.3 Å². The normalized spacial score (nSPS) is 11.6. The van der Waals surface area contributed by atoms with Gasteiger partial charge in [-0.2, -0.15) is 0 Å². The van der Waals surface area contributed by atoms with E-state index in [1.807, 2.05) is 30.3 Å². The Hall–Kier alpha value is -5.28. The fourth-order valence-corrected chi connectivity index (χ4v) is 5.69. The Kier molecular flexibility index (Phi) is 4.82. The van der Waals surface area contributed by atoms with E-state index in [2.05, 4.69) is 108 Å². The molecule has 0 saturated carbocycles. The first-order valence-corrected chi connectivity index (χ1v) is 13.1. The number of para-hydroxylation sites is 1. The summed E-state index contributed by atoms with van der Waals surface area (Å²) < 4.78 is 12.7. The molecule has 2 aromatic heterocycles. The van der Waals surface area contributed by atoms with Gasteiger partial charge in [0.1, 0.15) is 16.7 Å². The molecule has 0 amide bonds. The number of hydrogen-bond acceptors (Lipinski definition) is 3. The smallest absolute Gasteiger partial charge is 0.158 e. The van der Waals surface area contributed by atoms with Crippen LogP contribution in [0.1, 0.15) is 0 Å². The quantitative estimate of drug-likeness (QED) is 0.261. The largest absolute Gasteiger partial charge is 0.456 e. The van der Waals surface area contributed by atoms with Crippen molar-refractivity contribution < 1.29 is 8.83 Å². The van der Waals surface area contributed by atoms with Gasteiger partial charge in [-0.3, -0.25) is 0 Å². The predicted molar refractivity (Wildman–Crippen MR) is 162 cm³/mol. The molecule has 39 heavy (non-hydrogen) atoms. The highest BCUT2D eigenvalue weighted by Crippen LogP contribution is 2.42. The number of rotatable bonds is 4. The molecule has 2 heterocycles. The molecule has 0 fully saturated rings. The van der Waals surface area contributed by atoms with Crippen LogP contribution in [0.15, 0.2) is 142 Å². The average Bonchev–Trinajstić information content (AvgIpc) is 3.57. The molecule has 1 N–H and O–H groups in total. The molecule has 0 aliphatic carbocycles. The van der Waals surface area contributed by atoms with Crippen LogP contribution in [-0.2, 0) is 0 Å². The number of fused-ring (bicyclic) bond motifs is 6. The summed E-state index contributed by atoms with van der Waals surface area (Å²) in [4.78, 5) is 0. The molecule has 0 atom stereocenters. The molecule has 8 rings (SSSR count). The van der Waals surface area contributed by atoms with Crippen molar-refractivity contribution in [2.45, 2.75) is 0 Å². The highest BCUT2D eigenvalue weighted by atomic mass is 16.3. The van der Waals surface area contributed by atoms with Gasteiger partial charge in [-0.05, 0) is 58.7 Å². The minimum Gasteiger partial charge on any atom is -0.456 e. The fraction of sp³-hybridized carbons (Fsp3) is 0. The van der Waals surface area contributed by atoms with Gasteiger partial charge in [0.05, 0.1) is 16.8 Å². The second kappa shape index (κ2) is 8.64. The second-order valence-corrected chi connectivity index (χ2v) is 9.81. The zero-order valence-corrected chi connectivity index (χ0v) is 21.0. The summed E-state index contributed by atoms with van der Waals surface area (Å²) in [5.74, 6) is 0. The van der Waals surface area contributed by atoms with E-state index >= 15 is 0 Å². The van der Waals surface area contributed by atoms with Crippen molar-refractivity contribution in [3.63, 3.8) is 0 Å². The summed E-state index contributed by atoms with van der Waals surface area (Å²) in [5, 5.41) is 8.05. The first kappa shape index (κ1) is 21.8. The van der Waals surface area contributed by atoms with Crippen molar-refractivity contribution in [3.8, 4) is 22.3 Å². The number of furan rings is 2. The monoisotopic (exact) mass is 501 g/mol. The SMILES string of the molecule is c1ccc(-c2ccc3oc4cccc(Nc5cccc6c5oc5cccc(-c7ccccc7)c56)c4c3c2)cc1. The Morgan fingerprint density at radius 3 is 1.92 bits per heavy atom. The standard InChI is InChI=1S/C36H23NO2/c1-3-10-23(11-4-1)25-20-21-31-28(22-25)35-29(16-9-19-33(35)38-31)37-30-17-7-15-27-34-26(24-12-5-2-6-13-24)14-8-18-32(34)39-36(27)30/h1-22,37H. The Bertz CT molecular complexity index is 2140. The first-order valence-electron chi connectivity index (χ1n) is 13.1. The Labute approximate surface area is 224 Å². The molecule has 3 heteroatoms. The van der Waals surface area contributed by atoms with Crippen LogP contribution in [0.3, 0.4) is 0 Å². The van der Waals surface area contributed by atoms with E-state index in [1.54, 1.807) is 0 Å². The fourth-order valence-electron chi connectivity index (χ4n) is 5.69. The van der Waals surface area contributed by atoms with Crippen LogP contribution in [0.5, 0.6) is 0 Å². The van der Waals surface area contributed by atoms with Gasteiger partial charge in [0.25, 0.3) is 0 Å². The van der Waals surface area contributed by atoms with Crippen molar-refractivity contribution in [1.82, 2.24) is 0 Å². The molecule has 0 aliphatic rings. The van der Waals surface area contributed by atoms with Crippen LogP contribution in [0.4, 0.5) is 11.4 Å². The predicted octanol–water partition coefficient (Wildman–Crippen LogP) is 10.6. The zero-order valence-electron chi connectivity index (χ0n) is 21.0. The van der Waals surface area contributed by atoms with Crippen molar-refractivity contribution in [1.29, 1.82) is 0 Å². The number of nitrogens with one attached hydrogen (secondary N) is 1. The van der Waals surface area contributed by atoms with E-state index in [4.69, 9.17) is 8.83 Å². The summed E-state index contributed by atoms with van der Waals surface area (Å²) >= 11 is 0. The Balaban J connectivity index is 1.30. The Morgan fingerprint density at radius 1 is 0.410 bits per heavy atom. The molecule has 0 bridgehead atoms. The van der Waals surface area contributed by atoms with Crippen LogP contribution in [0, 0.1) is 0 Å². The molecule has 0 radical (unpaired) electrons. The molecule has 6 aromatic carbocycles. The molecular formula is C36H23NO2. The molecular weight excluding hydrogens is 478 g/mol. The molecule has 3 nitrogen and oxygen atoms in total. The lowest BCUT2D eigenvalue weighted by Gasteiger charge is -2.09. The zero-order chi connectivity index (χ0) is 25.8. The van der Waals surface area contributed by atoms with Gasteiger partial charge >= 0.3 is 0 Å². The van der Waals surface area contributed by atoms with Crippen LogP contribution in [0.2, 0.25) is 0 Å². The summed E-state index contributed by atoms with van der Waals surface area (Å²) in [6.07, 6.45) is 0. The topological polar surface area (TPSA) is 38.3 Å².